The van der Waals surface area contributed by atoms with Gasteiger partial charge in [0.2, 0.25) is 0 Å². The zero-order valence-corrected chi connectivity index (χ0v) is 11.4. The van der Waals surface area contributed by atoms with Crippen LogP contribution in [0.1, 0.15) is 28.4 Å². The van der Waals surface area contributed by atoms with Gasteiger partial charge in [-0.1, -0.05) is 48.9 Å². The Morgan fingerprint density at radius 2 is 1.63 bits per heavy atom. The minimum absolute atomic E-state index is 0.114. The van der Waals surface area contributed by atoms with Gasteiger partial charge in [-0.2, -0.15) is 0 Å². The molecule has 2 rings (SSSR count). The number of rotatable bonds is 5. The maximum atomic E-state index is 12.0. The molecule has 0 aliphatic carbocycles. The Morgan fingerprint density at radius 1 is 1.00 bits per heavy atom. The summed E-state index contributed by atoms with van der Waals surface area (Å²) in [6, 6.07) is 15.9. The van der Waals surface area contributed by atoms with E-state index in [0.717, 1.165) is 17.7 Å². The first-order chi connectivity index (χ1) is 9.19. The van der Waals surface area contributed by atoms with Crippen molar-refractivity contribution >= 4 is 11.5 Å². The molecule has 0 unspecified atom stereocenters. The highest BCUT2D eigenvalue weighted by atomic mass is 16.1. The number of benzene rings is 2. The number of ketones is 1. The number of aryl methyl sites for hydroxylation is 2. The zero-order valence-electron chi connectivity index (χ0n) is 11.4. The predicted molar refractivity (Wildman–Crippen MR) is 79.8 cm³/mol. The molecule has 98 valence electrons. The van der Waals surface area contributed by atoms with Crippen LogP contribution in [0.3, 0.4) is 0 Å². The molecule has 0 fully saturated rings. The smallest absolute Gasteiger partial charge is 0.181 e. The lowest BCUT2D eigenvalue weighted by Crippen LogP contribution is -2.13. The van der Waals surface area contributed by atoms with E-state index < -0.39 is 0 Å². The molecule has 0 aliphatic rings. The van der Waals surface area contributed by atoms with Crippen molar-refractivity contribution in [2.45, 2.75) is 20.3 Å². The largest absolute Gasteiger partial charge is 0.378 e. The SMILES string of the molecule is CCc1ccc(C(=O)CNc2ccc(C)cc2)cc1. The van der Waals surface area contributed by atoms with E-state index >= 15 is 0 Å². The molecule has 0 heterocycles. The molecular weight excluding hydrogens is 234 g/mol. The number of Topliss-reactive ketones (excluding diaryl/α,β-unsaturated/α-hetero) is 1. The van der Waals surface area contributed by atoms with Gasteiger partial charge in [0.15, 0.2) is 5.78 Å². The molecule has 0 aromatic heterocycles. The second-order valence-electron chi connectivity index (χ2n) is 4.69. The van der Waals surface area contributed by atoms with Crippen LogP contribution in [0.4, 0.5) is 5.69 Å². The molecule has 1 N–H and O–H groups in total. The van der Waals surface area contributed by atoms with Gasteiger partial charge in [-0.25, -0.2) is 0 Å². The number of carbonyl (C=O) groups is 1. The Labute approximate surface area is 114 Å². The van der Waals surface area contributed by atoms with Gasteiger partial charge < -0.3 is 5.32 Å². The van der Waals surface area contributed by atoms with Crippen molar-refractivity contribution in [1.82, 2.24) is 0 Å². The third-order valence-electron chi connectivity index (χ3n) is 3.19. The van der Waals surface area contributed by atoms with E-state index in [-0.39, 0.29) is 5.78 Å². The summed E-state index contributed by atoms with van der Waals surface area (Å²) in [5.41, 5.74) is 4.20. The van der Waals surface area contributed by atoms with Crippen molar-refractivity contribution in [3.05, 3.63) is 65.2 Å². The highest BCUT2D eigenvalue weighted by Gasteiger charge is 2.05. The predicted octanol–water partition coefficient (Wildman–Crippen LogP) is 3.85. The number of nitrogens with one attached hydrogen (secondary N) is 1. The summed E-state index contributed by atoms with van der Waals surface area (Å²) in [6.45, 7) is 4.48. The molecule has 0 radical (unpaired) electrons. The third-order valence-corrected chi connectivity index (χ3v) is 3.19. The van der Waals surface area contributed by atoms with Crippen molar-refractivity contribution in [2.75, 3.05) is 11.9 Å². The van der Waals surface area contributed by atoms with Crippen LogP contribution in [0.25, 0.3) is 0 Å². The fraction of sp³-hybridized carbons (Fsp3) is 0.235. The van der Waals surface area contributed by atoms with Crippen LogP contribution in [-0.4, -0.2) is 12.3 Å². The van der Waals surface area contributed by atoms with Crippen molar-refractivity contribution in [3.8, 4) is 0 Å². The van der Waals surface area contributed by atoms with Crippen molar-refractivity contribution in [3.63, 3.8) is 0 Å². The molecule has 0 aliphatic heterocycles. The minimum Gasteiger partial charge on any atom is -0.378 e. The molecule has 0 atom stereocenters. The van der Waals surface area contributed by atoms with Gasteiger partial charge in [0, 0.05) is 11.3 Å². The summed E-state index contributed by atoms with van der Waals surface area (Å²) < 4.78 is 0. The summed E-state index contributed by atoms with van der Waals surface area (Å²) in [6.07, 6.45) is 0.996. The maximum Gasteiger partial charge on any atom is 0.181 e. The van der Waals surface area contributed by atoms with Gasteiger partial charge >= 0.3 is 0 Å². The number of anilines is 1. The molecule has 2 nitrogen and oxygen atoms in total. The van der Waals surface area contributed by atoms with E-state index in [1.165, 1.54) is 11.1 Å². The van der Waals surface area contributed by atoms with Crippen LogP contribution >= 0.6 is 0 Å². The summed E-state index contributed by atoms with van der Waals surface area (Å²) >= 11 is 0. The first-order valence-corrected chi connectivity index (χ1v) is 6.61. The lowest BCUT2D eigenvalue weighted by atomic mass is 10.1. The lowest BCUT2D eigenvalue weighted by Gasteiger charge is -2.06. The summed E-state index contributed by atoms with van der Waals surface area (Å²) in [5.74, 6) is 0.114. The van der Waals surface area contributed by atoms with Crippen LogP contribution in [-0.2, 0) is 6.42 Å². The molecule has 0 saturated heterocycles. The van der Waals surface area contributed by atoms with E-state index in [1.807, 2.05) is 55.5 Å². The van der Waals surface area contributed by atoms with E-state index in [2.05, 4.69) is 12.2 Å². The molecule has 2 heteroatoms. The Morgan fingerprint density at radius 3 is 2.21 bits per heavy atom. The van der Waals surface area contributed by atoms with Crippen LogP contribution in [0.2, 0.25) is 0 Å². The topological polar surface area (TPSA) is 29.1 Å². The van der Waals surface area contributed by atoms with Gasteiger partial charge in [0.05, 0.1) is 6.54 Å². The minimum atomic E-state index is 0.114. The summed E-state index contributed by atoms with van der Waals surface area (Å²) in [4.78, 5) is 12.0. The van der Waals surface area contributed by atoms with Crippen molar-refractivity contribution in [1.29, 1.82) is 0 Å². The molecule has 2 aromatic carbocycles. The number of hydrogen-bond donors (Lipinski definition) is 1. The third kappa shape index (κ3) is 3.68. The average molecular weight is 253 g/mol. The second-order valence-corrected chi connectivity index (χ2v) is 4.69. The summed E-state index contributed by atoms with van der Waals surface area (Å²) in [5, 5.41) is 3.15. The van der Waals surface area contributed by atoms with Crippen molar-refractivity contribution < 1.29 is 4.79 Å². The summed E-state index contributed by atoms with van der Waals surface area (Å²) in [7, 11) is 0. The standard InChI is InChI=1S/C17H19NO/c1-3-14-6-8-15(9-7-14)17(19)12-18-16-10-4-13(2)5-11-16/h4-11,18H,3,12H2,1-2H3. The van der Waals surface area contributed by atoms with Crippen LogP contribution in [0.15, 0.2) is 48.5 Å². The zero-order chi connectivity index (χ0) is 13.7. The average Bonchev–Trinajstić information content (AvgIpc) is 2.46. The monoisotopic (exact) mass is 253 g/mol. The Kier molecular flexibility index (Phi) is 4.35. The van der Waals surface area contributed by atoms with Crippen LogP contribution in [0, 0.1) is 6.92 Å². The lowest BCUT2D eigenvalue weighted by molar-refractivity contribution is 0.101. The number of carbonyl (C=O) groups excluding carboxylic acids is 1. The second kappa shape index (κ2) is 6.19. The molecule has 2 aromatic rings. The quantitative estimate of drug-likeness (QED) is 0.820. The van der Waals surface area contributed by atoms with E-state index in [9.17, 15) is 4.79 Å². The normalized spacial score (nSPS) is 10.2. The van der Waals surface area contributed by atoms with E-state index in [1.54, 1.807) is 0 Å². The molecule has 0 spiro atoms. The first kappa shape index (κ1) is 13.3. The van der Waals surface area contributed by atoms with E-state index in [4.69, 9.17) is 0 Å². The van der Waals surface area contributed by atoms with Gasteiger partial charge in [0.1, 0.15) is 0 Å². The highest BCUT2D eigenvalue weighted by Crippen LogP contribution is 2.10. The Hall–Kier alpha value is -2.09. The Balaban J connectivity index is 1.95. The Bertz CT molecular complexity index is 540. The van der Waals surface area contributed by atoms with Crippen LogP contribution in [0.5, 0.6) is 0 Å². The highest BCUT2D eigenvalue weighted by molar-refractivity contribution is 5.98. The van der Waals surface area contributed by atoms with Crippen molar-refractivity contribution in [2.24, 2.45) is 0 Å². The van der Waals surface area contributed by atoms with E-state index in [0.29, 0.717) is 6.54 Å². The maximum absolute atomic E-state index is 12.0. The van der Waals surface area contributed by atoms with Crippen LogP contribution < -0.4 is 5.32 Å². The van der Waals surface area contributed by atoms with Gasteiger partial charge in [0.25, 0.3) is 0 Å². The van der Waals surface area contributed by atoms with Gasteiger partial charge in [-0.15, -0.1) is 0 Å². The molecule has 19 heavy (non-hydrogen) atoms. The molecule has 0 bridgehead atoms. The molecular formula is C17H19NO. The van der Waals surface area contributed by atoms with Gasteiger partial charge in [-0.3, -0.25) is 4.79 Å². The number of hydrogen-bond acceptors (Lipinski definition) is 2. The fourth-order valence-corrected chi connectivity index (χ4v) is 1.88. The van der Waals surface area contributed by atoms with Gasteiger partial charge in [-0.05, 0) is 31.0 Å². The molecule has 0 saturated carbocycles. The fourth-order valence-electron chi connectivity index (χ4n) is 1.88. The molecule has 0 amide bonds. The first-order valence-electron chi connectivity index (χ1n) is 6.61.